The lowest BCUT2D eigenvalue weighted by Crippen LogP contribution is -2.42. The number of aliphatic hydroxyl groups excluding tert-OH is 1. The Bertz CT molecular complexity index is 1340. The molecule has 0 aliphatic carbocycles. The number of hydrogen-bond acceptors (Lipinski definition) is 8. The summed E-state index contributed by atoms with van der Waals surface area (Å²) in [6.07, 6.45) is 3.06. The van der Waals surface area contributed by atoms with Crippen LogP contribution in [0.4, 0.5) is 0 Å². The SMILES string of the molecule is COc1cc(C2/C(=C(\O)c3ccncc3)C(=O)C(=O)N2CCN2CCOCC2)ccc1OCc1ccccc1. The van der Waals surface area contributed by atoms with Crippen LogP contribution in [0.3, 0.4) is 0 Å². The minimum atomic E-state index is -0.795. The number of morpholine rings is 1. The number of ketones is 1. The fraction of sp³-hybridized carbons (Fsp3) is 0.300. The van der Waals surface area contributed by atoms with Crippen molar-refractivity contribution < 1.29 is 28.9 Å². The molecule has 2 fully saturated rings. The Morgan fingerprint density at radius 1 is 1.00 bits per heavy atom. The van der Waals surface area contributed by atoms with Crippen molar-refractivity contribution in [1.82, 2.24) is 14.8 Å². The van der Waals surface area contributed by atoms with E-state index in [1.54, 1.807) is 37.4 Å². The summed E-state index contributed by atoms with van der Waals surface area (Å²) in [7, 11) is 1.54. The molecule has 0 bridgehead atoms. The molecule has 2 aliphatic heterocycles. The number of Topliss-reactive ketones (excluding diaryl/α,β-unsaturated/α-hetero) is 1. The van der Waals surface area contributed by atoms with Crippen molar-refractivity contribution in [1.29, 1.82) is 0 Å². The van der Waals surface area contributed by atoms with Gasteiger partial charge in [0.25, 0.3) is 11.7 Å². The van der Waals surface area contributed by atoms with E-state index in [0.717, 1.165) is 18.7 Å². The van der Waals surface area contributed by atoms with Gasteiger partial charge in [-0.3, -0.25) is 19.5 Å². The van der Waals surface area contributed by atoms with Crippen molar-refractivity contribution in [2.24, 2.45) is 0 Å². The van der Waals surface area contributed by atoms with E-state index in [2.05, 4.69) is 9.88 Å². The molecule has 5 rings (SSSR count). The van der Waals surface area contributed by atoms with Crippen molar-refractivity contribution in [3.63, 3.8) is 0 Å². The summed E-state index contributed by atoms with van der Waals surface area (Å²) >= 11 is 0. The summed E-state index contributed by atoms with van der Waals surface area (Å²) in [5.41, 5.74) is 2.09. The number of aromatic nitrogens is 1. The number of carbonyl (C=O) groups excluding carboxylic acids is 2. The van der Waals surface area contributed by atoms with Crippen LogP contribution in [0.5, 0.6) is 11.5 Å². The Labute approximate surface area is 227 Å². The number of pyridine rings is 1. The van der Waals surface area contributed by atoms with Crippen LogP contribution in [0.1, 0.15) is 22.7 Å². The Morgan fingerprint density at radius 3 is 2.46 bits per heavy atom. The van der Waals surface area contributed by atoms with E-state index in [4.69, 9.17) is 14.2 Å². The van der Waals surface area contributed by atoms with E-state index in [1.807, 2.05) is 30.3 Å². The Kier molecular flexibility index (Phi) is 8.19. The highest BCUT2D eigenvalue weighted by Gasteiger charge is 2.46. The molecule has 3 heterocycles. The molecule has 0 radical (unpaired) electrons. The smallest absolute Gasteiger partial charge is 0.295 e. The molecule has 1 atom stereocenters. The molecule has 2 saturated heterocycles. The summed E-state index contributed by atoms with van der Waals surface area (Å²) < 4.78 is 17.1. The van der Waals surface area contributed by atoms with Crippen molar-refractivity contribution >= 4 is 17.4 Å². The van der Waals surface area contributed by atoms with Gasteiger partial charge >= 0.3 is 0 Å². The van der Waals surface area contributed by atoms with Gasteiger partial charge in [-0.15, -0.1) is 0 Å². The third-order valence-corrected chi connectivity index (χ3v) is 7.00. The number of aliphatic hydroxyl groups is 1. The maximum absolute atomic E-state index is 13.3. The molecule has 9 heteroatoms. The molecule has 0 spiro atoms. The molecule has 1 N–H and O–H groups in total. The summed E-state index contributed by atoms with van der Waals surface area (Å²) in [5, 5.41) is 11.2. The van der Waals surface area contributed by atoms with Crippen molar-refractivity contribution in [2.45, 2.75) is 12.6 Å². The van der Waals surface area contributed by atoms with Gasteiger partial charge in [0.1, 0.15) is 12.4 Å². The summed E-state index contributed by atoms with van der Waals surface area (Å²) in [4.78, 5) is 34.4. The third kappa shape index (κ3) is 5.79. The van der Waals surface area contributed by atoms with Crippen LogP contribution in [-0.2, 0) is 20.9 Å². The van der Waals surface area contributed by atoms with Gasteiger partial charge in [0.05, 0.1) is 31.9 Å². The van der Waals surface area contributed by atoms with Gasteiger partial charge in [-0.2, -0.15) is 0 Å². The minimum absolute atomic E-state index is 0.0354. The molecule has 2 aromatic carbocycles. The molecule has 9 nitrogen and oxygen atoms in total. The lowest BCUT2D eigenvalue weighted by atomic mass is 9.95. The largest absolute Gasteiger partial charge is 0.507 e. The summed E-state index contributed by atoms with van der Waals surface area (Å²) in [6.45, 7) is 4.03. The second-order valence-electron chi connectivity index (χ2n) is 9.37. The van der Waals surface area contributed by atoms with E-state index in [9.17, 15) is 14.7 Å². The van der Waals surface area contributed by atoms with Gasteiger partial charge in [0.15, 0.2) is 11.5 Å². The Morgan fingerprint density at radius 2 is 1.74 bits per heavy atom. The van der Waals surface area contributed by atoms with Gasteiger partial charge in [-0.05, 0) is 35.4 Å². The first kappa shape index (κ1) is 26.4. The number of ether oxygens (including phenoxy) is 3. The number of rotatable bonds is 9. The predicted molar refractivity (Wildman–Crippen MR) is 144 cm³/mol. The maximum atomic E-state index is 13.3. The van der Waals surface area contributed by atoms with Crippen LogP contribution in [0.2, 0.25) is 0 Å². The average Bonchev–Trinajstić information content (AvgIpc) is 3.25. The van der Waals surface area contributed by atoms with E-state index < -0.39 is 17.7 Å². The number of carbonyl (C=O) groups is 2. The zero-order valence-electron chi connectivity index (χ0n) is 21.8. The van der Waals surface area contributed by atoms with Gasteiger partial charge < -0.3 is 24.2 Å². The van der Waals surface area contributed by atoms with Crippen LogP contribution in [0, 0.1) is 0 Å². The number of amides is 1. The minimum Gasteiger partial charge on any atom is -0.507 e. The molecule has 202 valence electrons. The molecule has 3 aromatic rings. The summed E-state index contributed by atoms with van der Waals surface area (Å²) in [5.74, 6) is -0.611. The highest BCUT2D eigenvalue weighted by atomic mass is 16.5. The van der Waals surface area contributed by atoms with Crippen LogP contribution < -0.4 is 9.47 Å². The number of hydrogen-bond donors (Lipinski definition) is 1. The first-order valence-electron chi connectivity index (χ1n) is 12.9. The van der Waals surface area contributed by atoms with Crippen molar-refractivity contribution in [3.8, 4) is 11.5 Å². The van der Waals surface area contributed by atoms with Crippen molar-refractivity contribution in [3.05, 3.63) is 95.3 Å². The van der Waals surface area contributed by atoms with Crippen LogP contribution in [-0.4, -0.2) is 78.1 Å². The number of methoxy groups -OCH3 is 1. The molecule has 1 aromatic heterocycles. The fourth-order valence-electron chi connectivity index (χ4n) is 4.91. The van der Waals surface area contributed by atoms with E-state index in [0.29, 0.717) is 55.5 Å². The maximum Gasteiger partial charge on any atom is 0.295 e. The monoisotopic (exact) mass is 529 g/mol. The first-order valence-corrected chi connectivity index (χ1v) is 12.9. The van der Waals surface area contributed by atoms with E-state index in [-0.39, 0.29) is 11.3 Å². The first-order chi connectivity index (χ1) is 19.1. The predicted octanol–water partition coefficient (Wildman–Crippen LogP) is 3.42. The molecule has 2 aliphatic rings. The zero-order chi connectivity index (χ0) is 27.2. The summed E-state index contributed by atoms with van der Waals surface area (Å²) in [6, 6.07) is 17.5. The second-order valence-corrected chi connectivity index (χ2v) is 9.37. The van der Waals surface area contributed by atoms with E-state index >= 15 is 0 Å². The van der Waals surface area contributed by atoms with Crippen LogP contribution in [0.15, 0.2) is 78.6 Å². The molecule has 0 saturated carbocycles. The molecule has 39 heavy (non-hydrogen) atoms. The third-order valence-electron chi connectivity index (χ3n) is 7.00. The molecule has 1 amide bonds. The van der Waals surface area contributed by atoms with Gasteiger partial charge in [-0.25, -0.2) is 0 Å². The van der Waals surface area contributed by atoms with Crippen molar-refractivity contribution in [2.75, 3.05) is 46.5 Å². The van der Waals surface area contributed by atoms with Gasteiger partial charge in [-0.1, -0.05) is 36.4 Å². The second kappa shape index (κ2) is 12.1. The van der Waals surface area contributed by atoms with E-state index in [1.165, 1.54) is 17.3 Å². The van der Waals surface area contributed by atoms with Gasteiger partial charge in [0, 0.05) is 44.1 Å². The molecular weight excluding hydrogens is 498 g/mol. The molecule has 1 unspecified atom stereocenters. The highest BCUT2D eigenvalue weighted by molar-refractivity contribution is 6.46. The zero-order valence-corrected chi connectivity index (χ0v) is 21.8. The lowest BCUT2D eigenvalue weighted by Gasteiger charge is -2.31. The normalized spacial score (nSPS) is 19.3. The molecular formula is C30H31N3O6. The average molecular weight is 530 g/mol. The highest BCUT2D eigenvalue weighted by Crippen LogP contribution is 2.42. The Balaban J connectivity index is 1.49. The quantitative estimate of drug-likeness (QED) is 0.256. The Hall–Kier alpha value is -4.21. The number of benzene rings is 2. The standard InChI is InChI=1S/C30H31N3O6/c1-37-25-19-23(7-8-24(25)39-20-21-5-3-2-4-6-21)27-26(28(34)22-9-11-31-12-10-22)29(35)30(36)33(27)14-13-32-15-17-38-18-16-32/h2-12,19,27,34H,13-18,20H2,1H3/b28-26+. The van der Waals surface area contributed by atoms with Crippen LogP contribution >= 0.6 is 0 Å². The van der Waals surface area contributed by atoms with Crippen LogP contribution in [0.25, 0.3) is 5.76 Å². The fourth-order valence-corrected chi connectivity index (χ4v) is 4.91. The number of nitrogens with zero attached hydrogens (tertiary/aromatic N) is 3. The van der Waals surface area contributed by atoms with Gasteiger partial charge in [0.2, 0.25) is 0 Å². The lowest BCUT2D eigenvalue weighted by molar-refractivity contribution is -0.140. The number of likely N-dealkylation sites (tertiary alicyclic amines) is 1. The topological polar surface area (TPSA) is 101 Å².